The molecule has 0 radical (unpaired) electrons. The Balaban J connectivity index is 2.03. The summed E-state index contributed by atoms with van der Waals surface area (Å²) in [7, 11) is 1.80. The number of halogens is 1. The number of nitrogen functional groups attached to an aromatic ring is 1. The van der Waals surface area contributed by atoms with Crippen LogP contribution in [0.3, 0.4) is 0 Å². The summed E-state index contributed by atoms with van der Waals surface area (Å²) in [4.78, 5) is 18.1. The Morgan fingerprint density at radius 1 is 1.58 bits per heavy atom. The molecule has 0 unspecified atom stereocenters. The van der Waals surface area contributed by atoms with Gasteiger partial charge in [-0.2, -0.15) is 0 Å². The average molecular weight is 328 g/mol. The van der Waals surface area contributed by atoms with Crippen LogP contribution < -0.4 is 5.73 Å². The Hall–Kier alpha value is -1.14. The number of hydrogen-bond acceptors (Lipinski definition) is 4. The van der Waals surface area contributed by atoms with Gasteiger partial charge in [0.2, 0.25) is 0 Å². The molecule has 0 bridgehead atoms. The van der Waals surface area contributed by atoms with Gasteiger partial charge in [0, 0.05) is 37.5 Å². The summed E-state index contributed by atoms with van der Waals surface area (Å²) in [5.41, 5.74) is 6.21. The number of nitrogens with zero attached hydrogens (tertiary/aromatic N) is 2. The highest BCUT2D eigenvalue weighted by atomic mass is 79.9. The van der Waals surface area contributed by atoms with E-state index >= 15 is 0 Å². The van der Waals surface area contributed by atoms with Gasteiger partial charge in [0.25, 0.3) is 5.91 Å². The SMILES string of the molecule is CN(CC1CCOCC1)C(=O)c1cc(Br)cnc1N. The molecule has 1 aliphatic rings. The van der Waals surface area contributed by atoms with Crippen molar-refractivity contribution < 1.29 is 9.53 Å². The minimum atomic E-state index is -0.0854. The second-order valence-electron chi connectivity index (χ2n) is 4.83. The number of aromatic nitrogens is 1. The van der Waals surface area contributed by atoms with Gasteiger partial charge in [-0.15, -0.1) is 0 Å². The highest BCUT2D eigenvalue weighted by molar-refractivity contribution is 9.10. The van der Waals surface area contributed by atoms with Gasteiger partial charge < -0.3 is 15.4 Å². The van der Waals surface area contributed by atoms with E-state index in [0.29, 0.717) is 11.5 Å². The average Bonchev–Trinajstić information content (AvgIpc) is 2.42. The van der Waals surface area contributed by atoms with Crippen LogP contribution in [-0.4, -0.2) is 42.6 Å². The van der Waals surface area contributed by atoms with Gasteiger partial charge in [-0.3, -0.25) is 4.79 Å². The van der Waals surface area contributed by atoms with E-state index in [-0.39, 0.29) is 11.7 Å². The van der Waals surface area contributed by atoms with Crippen molar-refractivity contribution in [3.05, 3.63) is 22.3 Å². The molecular weight excluding hydrogens is 310 g/mol. The van der Waals surface area contributed by atoms with Crippen LogP contribution in [0.1, 0.15) is 23.2 Å². The summed E-state index contributed by atoms with van der Waals surface area (Å²) in [6, 6.07) is 1.71. The standard InChI is InChI=1S/C13H18BrN3O2/c1-17(8-9-2-4-19-5-3-9)13(18)11-6-10(14)7-16-12(11)15/h6-7,9H,2-5,8H2,1H3,(H2,15,16). The fraction of sp³-hybridized carbons (Fsp3) is 0.538. The van der Waals surface area contributed by atoms with E-state index in [1.54, 1.807) is 24.2 Å². The van der Waals surface area contributed by atoms with Crippen LogP contribution >= 0.6 is 15.9 Å². The molecule has 0 spiro atoms. The third-order valence-electron chi connectivity index (χ3n) is 3.34. The van der Waals surface area contributed by atoms with Crippen molar-refractivity contribution in [2.24, 2.45) is 5.92 Å². The van der Waals surface area contributed by atoms with E-state index in [1.807, 2.05) is 0 Å². The molecule has 2 rings (SSSR count). The molecule has 1 fully saturated rings. The lowest BCUT2D eigenvalue weighted by atomic mass is 9.99. The Labute approximate surface area is 121 Å². The molecule has 0 atom stereocenters. The minimum absolute atomic E-state index is 0.0854. The molecule has 1 aliphatic heterocycles. The van der Waals surface area contributed by atoms with Crippen LogP contribution in [-0.2, 0) is 4.74 Å². The molecule has 0 saturated carbocycles. The van der Waals surface area contributed by atoms with E-state index in [4.69, 9.17) is 10.5 Å². The first-order valence-corrected chi connectivity index (χ1v) is 7.11. The molecule has 19 heavy (non-hydrogen) atoms. The maximum atomic E-state index is 12.3. The van der Waals surface area contributed by atoms with Crippen LogP contribution in [0.15, 0.2) is 16.7 Å². The van der Waals surface area contributed by atoms with Gasteiger partial charge in [-0.1, -0.05) is 0 Å². The maximum absolute atomic E-state index is 12.3. The Kier molecular flexibility index (Phi) is 4.76. The Bertz CT molecular complexity index is 461. The molecule has 1 saturated heterocycles. The van der Waals surface area contributed by atoms with Gasteiger partial charge >= 0.3 is 0 Å². The lowest BCUT2D eigenvalue weighted by Crippen LogP contribution is -2.34. The molecule has 0 aromatic carbocycles. The summed E-state index contributed by atoms with van der Waals surface area (Å²) in [6.45, 7) is 2.30. The summed E-state index contributed by atoms with van der Waals surface area (Å²) in [5.74, 6) is 0.689. The number of rotatable bonds is 3. The third-order valence-corrected chi connectivity index (χ3v) is 3.77. The molecule has 1 aromatic rings. The highest BCUT2D eigenvalue weighted by Gasteiger charge is 2.21. The minimum Gasteiger partial charge on any atom is -0.383 e. The lowest BCUT2D eigenvalue weighted by molar-refractivity contribution is 0.0497. The van der Waals surface area contributed by atoms with Crippen molar-refractivity contribution in [1.29, 1.82) is 0 Å². The van der Waals surface area contributed by atoms with Gasteiger partial charge in [0.15, 0.2) is 0 Å². The number of pyridine rings is 1. The van der Waals surface area contributed by atoms with E-state index in [1.165, 1.54) is 0 Å². The highest BCUT2D eigenvalue weighted by Crippen LogP contribution is 2.20. The van der Waals surface area contributed by atoms with Gasteiger partial charge in [-0.25, -0.2) is 4.98 Å². The summed E-state index contributed by atoms with van der Waals surface area (Å²) < 4.78 is 6.08. The van der Waals surface area contributed by atoms with Crippen LogP contribution in [0.4, 0.5) is 5.82 Å². The van der Waals surface area contributed by atoms with E-state index in [9.17, 15) is 4.79 Å². The third kappa shape index (κ3) is 3.67. The van der Waals surface area contributed by atoms with Gasteiger partial charge in [0.05, 0.1) is 5.56 Å². The molecule has 6 heteroatoms. The summed E-state index contributed by atoms with van der Waals surface area (Å²) >= 11 is 3.31. The molecule has 2 N–H and O–H groups in total. The van der Waals surface area contributed by atoms with Gasteiger partial charge in [-0.05, 0) is 40.8 Å². The van der Waals surface area contributed by atoms with Crippen molar-refractivity contribution in [2.45, 2.75) is 12.8 Å². The van der Waals surface area contributed by atoms with E-state index < -0.39 is 0 Å². The fourth-order valence-electron chi connectivity index (χ4n) is 2.23. The van der Waals surface area contributed by atoms with Crippen LogP contribution in [0.5, 0.6) is 0 Å². The van der Waals surface area contributed by atoms with Crippen molar-refractivity contribution in [3.63, 3.8) is 0 Å². The Morgan fingerprint density at radius 3 is 2.95 bits per heavy atom. The van der Waals surface area contributed by atoms with Crippen molar-refractivity contribution >= 4 is 27.7 Å². The first-order valence-electron chi connectivity index (χ1n) is 6.32. The lowest BCUT2D eigenvalue weighted by Gasteiger charge is -2.27. The van der Waals surface area contributed by atoms with Gasteiger partial charge in [0.1, 0.15) is 5.82 Å². The topological polar surface area (TPSA) is 68.5 Å². The first kappa shape index (κ1) is 14.3. The zero-order valence-electron chi connectivity index (χ0n) is 10.9. The normalized spacial score (nSPS) is 16.3. The number of carbonyl (C=O) groups excluding carboxylic acids is 1. The molecule has 104 valence electrons. The molecular formula is C13H18BrN3O2. The number of hydrogen-bond donors (Lipinski definition) is 1. The maximum Gasteiger partial charge on any atom is 0.257 e. The monoisotopic (exact) mass is 327 g/mol. The van der Waals surface area contributed by atoms with Crippen molar-refractivity contribution in [3.8, 4) is 0 Å². The fourth-order valence-corrected chi connectivity index (χ4v) is 2.56. The molecule has 1 amide bonds. The largest absolute Gasteiger partial charge is 0.383 e. The number of amides is 1. The number of nitrogens with two attached hydrogens (primary N) is 1. The number of carbonyl (C=O) groups is 1. The number of ether oxygens (including phenoxy) is 1. The predicted octanol–water partition coefficient (Wildman–Crippen LogP) is 1.92. The van der Waals surface area contributed by atoms with Crippen molar-refractivity contribution in [2.75, 3.05) is 32.5 Å². The van der Waals surface area contributed by atoms with Crippen molar-refractivity contribution in [1.82, 2.24) is 9.88 Å². The zero-order chi connectivity index (χ0) is 13.8. The second kappa shape index (κ2) is 6.34. The molecule has 0 aliphatic carbocycles. The van der Waals surface area contributed by atoms with E-state index in [0.717, 1.165) is 37.1 Å². The van der Waals surface area contributed by atoms with Crippen LogP contribution in [0, 0.1) is 5.92 Å². The van der Waals surface area contributed by atoms with Crippen LogP contribution in [0.25, 0.3) is 0 Å². The van der Waals surface area contributed by atoms with Crippen LogP contribution in [0.2, 0.25) is 0 Å². The van der Waals surface area contributed by atoms with E-state index in [2.05, 4.69) is 20.9 Å². The number of anilines is 1. The molecule has 5 nitrogen and oxygen atoms in total. The molecule has 2 heterocycles. The summed E-state index contributed by atoms with van der Waals surface area (Å²) in [6.07, 6.45) is 3.60. The molecule has 1 aromatic heterocycles. The first-order chi connectivity index (χ1) is 9.08. The summed E-state index contributed by atoms with van der Waals surface area (Å²) in [5, 5.41) is 0. The zero-order valence-corrected chi connectivity index (χ0v) is 12.5. The quantitative estimate of drug-likeness (QED) is 0.920. The smallest absolute Gasteiger partial charge is 0.257 e. The predicted molar refractivity (Wildman–Crippen MR) is 76.9 cm³/mol. The Morgan fingerprint density at radius 2 is 2.26 bits per heavy atom. The second-order valence-corrected chi connectivity index (χ2v) is 5.74.